The van der Waals surface area contributed by atoms with Gasteiger partial charge in [0, 0.05) is 18.7 Å². The summed E-state index contributed by atoms with van der Waals surface area (Å²) in [4.78, 5) is 29.4. The molecule has 1 unspecified atom stereocenters. The first-order chi connectivity index (χ1) is 16.1. The third-order valence-corrected chi connectivity index (χ3v) is 5.40. The Labute approximate surface area is 199 Å². The molecule has 0 aromatic heterocycles. The van der Waals surface area contributed by atoms with Crippen LogP contribution in [0.4, 0.5) is 4.39 Å². The third kappa shape index (κ3) is 5.39. The smallest absolute Gasteiger partial charge is 0.295 e. The number of carbonyl (C=O) groups is 2. The van der Waals surface area contributed by atoms with Crippen molar-refractivity contribution in [1.82, 2.24) is 9.80 Å². The molecule has 2 aromatic rings. The number of rotatable bonds is 9. The number of nitrogens with zero attached hydrogens (tertiary/aromatic N) is 2. The molecule has 1 aliphatic heterocycles. The van der Waals surface area contributed by atoms with Crippen LogP contribution in [-0.2, 0) is 9.59 Å². The van der Waals surface area contributed by atoms with Crippen molar-refractivity contribution in [2.75, 3.05) is 33.8 Å². The Morgan fingerprint density at radius 2 is 1.82 bits per heavy atom. The average Bonchev–Trinajstić information content (AvgIpc) is 3.03. The van der Waals surface area contributed by atoms with Gasteiger partial charge < -0.3 is 24.4 Å². The van der Waals surface area contributed by atoms with Gasteiger partial charge in [0.1, 0.15) is 11.5 Å². The lowest BCUT2D eigenvalue weighted by Crippen LogP contribution is -2.35. The molecule has 0 saturated carbocycles. The van der Waals surface area contributed by atoms with Crippen molar-refractivity contribution in [2.24, 2.45) is 0 Å². The van der Waals surface area contributed by atoms with Gasteiger partial charge >= 0.3 is 0 Å². The van der Waals surface area contributed by atoms with E-state index >= 15 is 0 Å². The molecule has 0 spiro atoms. The van der Waals surface area contributed by atoms with Crippen molar-refractivity contribution in [2.45, 2.75) is 32.9 Å². The number of hydrogen-bond donors (Lipinski definition) is 1. The molecule has 1 atom stereocenters. The molecule has 1 heterocycles. The number of ketones is 1. The van der Waals surface area contributed by atoms with Crippen LogP contribution in [0.2, 0.25) is 0 Å². The molecule has 2 aromatic carbocycles. The molecule has 34 heavy (non-hydrogen) atoms. The molecule has 1 N–H and O–H groups in total. The number of amides is 1. The summed E-state index contributed by atoms with van der Waals surface area (Å²) in [6.07, 6.45) is -0.226. The molecule has 8 heteroatoms. The molecule has 1 amide bonds. The molecule has 1 saturated heterocycles. The van der Waals surface area contributed by atoms with Gasteiger partial charge in [-0.15, -0.1) is 0 Å². The fourth-order valence-electron chi connectivity index (χ4n) is 3.83. The highest BCUT2D eigenvalue weighted by molar-refractivity contribution is 6.46. The highest BCUT2D eigenvalue weighted by Crippen LogP contribution is 2.40. The van der Waals surface area contributed by atoms with E-state index in [0.717, 1.165) is 6.07 Å². The number of ether oxygens (including phenoxy) is 2. The van der Waals surface area contributed by atoms with Gasteiger partial charge in [0.2, 0.25) is 0 Å². The molecule has 0 bridgehead atoms. The standard InChI is InChI=1S/C26H31FN2O5/c1-6-33-19-10-7-17(8-11-19)23-22(25(31)26(32)29(23)14-13-28(4)5)24(30)18-9-12-21(20(27)15-18)34-16(2)3/h7-12,15-16,23,30H,6,13-14H2,1-5H3/b24-22-. The lowest BCUT2D eigenvalue weighted by Gasteiger charge is -2.26. The summed E-state index contributed by atoms with van der Waals surface area (Å²) in [5, 5.41) is 11.1. The van der Waals surface area contributed by atoms with Crippen LogP contribution < -0.4 is 9.47 Å². The Morgan fingerprint density at radius 3 is 2.38 bits per heavy atom. The van der Waals surface area contributed by atoms with Crippen LogP contribution in [0, 0.1) is 5.82 Å². The summed E-state index contributed by atoms with van der Waals surface area (Å²) in [5.41, 5.74) is 0.656. The minimum absolute atomic E-state index is 0.0426. The maximum Gasteiger partial charge on any atom is 0.295 e. The van der Waals surface area contributed by atoms with Crippen molar-refractivity contribution in [3.8, 4) is 11.5 Å². The largest absolute Gasteiger partial charge is 0.507 e. The van der Waals surface area contributed by atoms with Crippen LogP contribution in [0.15, 0.2) is 48.0 Å². The minimum Gasteiger partial charge on any atom is -0.507 e. The number of Topliss-reactive ketones (excluding diaryl/α,β-unsaturated/α-hetero) is 1. The van der Waals surface area contributed by atoms with E-state index < -0.39 is 29.3 Å². The topological polar surface area (TPSA) is 79.3 Å². The first kappa shape index (κ1) is 25.2. The molecular weight excluding hydrogens is 439 g/mol. The fraction of sp³-hybridized carbons (Fsp3) is 0.385. The van der Waals surface area contributed by atoms with Crippen molar-refractivity contribution in [1.29, 1.82) is 0 Å². The second kappa shape index (κ2) is 10.7. The maximum absolute atomic E-state index is 14.6. The molecular formula is C26H31FN2O5. The van der Waals surface area contributed by atoms with Gasteiger partial charge in [-0.25, -0.2) is 4.39 Å². The van der Waals surface area contributed by atoms with Crippen molar-refractivity contribution < 1.29 is 28.6 Å². The van der Waals surface area contributed by atoms with Crippen LogP contribution in [0.25, 0.3) is 5.76 Å². The van der Waals surface area contributed by atoms with Gasteiger partial charge in [0.25, 0.3) is 11.7 Å². The number of aliphatic hydroxyl groups is 1. The monoisotopic (exact) mass is 470 g/mol. The zero-order chi connectivity index (χ0) is 25.0. The lowest BCUT2D eigenvalue weighted by atomic mass is 9.95. The van der Waals surface area contributed by atoms with Gasteiger partial charge in [0.15, 0.2) is 11.6 Å². The molecule has 182 valence electrons. The zero-order valence-electron chi connectivity index (χ0n) is 20.2. The summed E-state index contributed by atoms with van der Waals surface area (Å²) >= 11 is 0. The number of benzene rings is 2. The highest BCUT2D eigenvalue weighted by atomic mass is 19.1. The van der Waals surface area contributed by atoms with E-state index in [1.165, 1.54) is 17.0 Å². The van der Waals surface area contributed by atoms with Crippen LogP contribution in [-0.4, -0.2) is 66.5 Å². The average molecular weight is 471 g/mol. The molecule has 0 aliphatic carbocycles. The van der Waals surface area contributed by atoms with Crippen molar-refractivity contribution >= 4 is 17.4 Å². The number of carbonyl (C=O) groups excluding carboxylic acids is 2. The normalized spacial score (nSPS) is 17.6. The zero-order valence-corrected chi connectivity index (χ0v) is 20.2. The van der Waals surface area contributed by atoms with Gasteiger partial charge in [-0.3, -0.25) is 9.59 Å². The van der Waals surface area contributed by atoms with E-state index in [1.54, 1.807) is 38.1 Å². The Kier molecular flexibility index (Phi) is 7.94. The first-order valence-corrected chi connectivity index (χ1v) is 11.3. The van der Waals surface area contributed by atoms with Gasteiger partial charge in [-0.2, -0.15) is 0 Å². The molecule has 0 radical (unpaired) electrons. The minimum atomic E-state index is -0.815. The van der Waals surface area contributed by atoms with E-state index in [-0.39, 0.29) is 29.5 Å². The second-order valence-electron chi connectivity index (χ2n) is 8.61. The quantitative estimate of drug-likeness (QED) is 0.339. The van der Waals surface area contributed by atoms with Crippen LogP contribution in [0.3, 0.4) is 0 Å². The van der Waals surface area contributed by atoms with Crippen molar-refractivity contribution in [3.63, 3.8) is 0 Å². The number of halogens is 1. The molecule has 1 fully saturated rings. The summed E-state index contributed by atoms with van der Waals surface area (Å²) in [6, 6.07) is 10.2. The van der Waals surface area contributed by atoms with Gasteiger partial charge in [-0.1, -0.05) is 12.1 Å². The molecule has 1 aliphatic rings. The maximum atomic E-state index is 14.6. The third-order valence-electron chi connectivity index (χ3n) is 5.40. The van der Waals surface area contributed by atoms with Crippen LogP contribution in [0.1, 0.15) is 37.9 Å². The van der Waals surface area contributed by atoms with E-state index in [2.05, 4.69) is 0 Å². The lowest BCUT2D eigenvalue weighted by molar-refractivity contribution is -0.140. The van der Waals surface area contributed by atoms with E-state index in [4.69, 9.17) is 9.47 Å². The highest BCUT2D eigenvalue weighted by Gasteiger charge is 2.46. The predicted octanol–water partition coefficient (Wildman–Crippen LogP) is 3.99. The Morgan fingerprint density at radius 1 is 1.15 bits per heavy atom. The number of aliphatic hydroxyl groups excluding tert-OH is 1. The fourth-order valence-corrected chi connectivity index (χ4v) is 3.83. The van der Waals surface area contributed by atoms with Crippen molar-refractivity contribution in [3.05, 3.63) is 65.0 Å². The van der Waals surface area contributed by atoms with Gasteiger partial charge in [0.05, 0.1) is 24.3 Å². The predicted molar refractivity (Wildman–Crippen MR) is 127 cm³/mol. The SMILES string of the molecule is CCOc1ccc(C2/C(=C(/O)c3ccc(OC(C)C)c(F)c3)C(=O)C(=O)N2CCN(C)C)cc1. The summed E-state index contributed by atoms with van der Waals surface area (Å²) in [6.45, 7) is 6.74. The molecule has 7 nitrogen and oxygen atoms in total. The molecule has 3 rings (SSSR count). The number of hydrogen-bond acceptors (Lipinski definition) is 6. The van der Waals surface area contributed by atoms with Crippen LogP contribution in [0.5, 0.6) is 11.5 Å². The van der Waals surface area contributed by atoms with Gasteiger partial charge in [-0.05, 0) is 70.8 Å². The number of likely N-dealkylation sites (N-methyl/N-ethyl adjacent to an activating group) is 1. The van der Waals surface area contributed by atoms with E-state index in [9.17, 15) is 19.1 Å². The summed E-state index contributed by atoms with van der Waals surface area (Å²) < 4.78 is 25.5. The summed E-state index contributed by atoms with van der Waals surface area (Å²) in [5.74, 6) is -1.92. The second-order valence-corrected chi connectivity index (χ2v) is 8.61. The Hall–Kier alpha value is -3.39. The Bertz CT molecular complexity index is 1080. The first-order valence-electron chi connectivity index (χ1n) is 11.3. The van der Waals surface area contributed by atoms with E-state index in [1.807, 2.05) is 25.9 Å². The van der Waals surface area contributed by atoms with Crippen LogP contribution >= 0.6 is 0 Å². The summed E-state index contributed by atoms with van der Waals surface area (Å²) in [7, 11) is 3.73. The number of likely N-dealkylation sites (tertiary alicyclic amines) is 1. The van der Waals surface area contributed by atoms with E-state index in [0.29, 0.717) is 24.5 Å². The Balaban J connectivity index is 2.09.